The molecule has 0 radical (unpaired) electrons. The predicted molar refractivity (Wildman–Crippen MR) is 112 cm³/mol. The van der Waals surface area contributed by atoms with Gasteiger partial charge >= 0.3 is 0 Å². The molecule has 1 saturated carbocycles. The van der Waals surface area contributed by atoms with Crippen molar-refractivity contribution in [1.29, 1.82) is 0 Å². The number of hydrogen-bond donors (Lipinski definition) is 0. The lowest BCUT2D eigenvalue weighted by molar-refractivity contribution is 0.201. The first-order valence-corrected chi connectivity index (χ1v) is 10.5. The van der Waals surface area contributed by atoms with Gasteiger partial charge in [0.15, 0.2) is 11.5 Å². The summed E-state index contributed by atoms with van der Waals surface area (Å²) in [6.45, 7) is 0.822. The number of anilines is 2. The fraction of sp³-hybridized carbons (Fsp3) is 0.304. The Kier molecular flexibility index (Phi) is 5.64. The molecule has 0 aliphatic heterocycles. The minimum absolute atomic E-state index is 0.302. The normalized spacial score (nSPS) is 14.3. The molecule has 140 valence electrons. The number of ether oxygens (including phenoxy) is 2. The van der Waals surface area contributed by atoms with E-state index in [2.05, 4.69) is 64.2 Å². The number of rotatable bonds is 7. The molecule has 0 saturated heterocycles. The number of hydrogen-bond acceptors (Lipinski definition) is 4. The Morgan fingerprint density at radius 3 is 2.48 bits per heavy atom. The van der Waals surface area contributed by atoms with Crippen molar-refractivity contribution in [2.75, 3.05) is 12.0 Å². The van der Waals surface area contributed by atoms with Crippen LogP contribution in [-0.4, -0.2) is 13.2 Å². The maximum absolute atomic E-state index is 6.31. The van der Waals surface area contributed by atoms with Gasteiger partial charge in [0.1, 0.15) is 0 Å². The van der Waals surface area contributed by atoms with Gasteiger partial charge in [-0.3, -0.25) is 0 Å². The van der Waals surface area contributed by atoms with Crippen molar-refractivity contribution >= 4 is 22.7 Å². The predicted octanol–water partition coefficient (Wildman–Crippen LogP) is 6.42. The van der Waals surface area contributed by atoms with Gasteiger partial charge < -0.3 is 14.4 Å². The highest BCUT2D eigenvalue weighted by Crippen LogP contribution is 2.37. The second-order valence-electron chi connectivity index (χ2n) is 6.91. The van der Waals surface area contributed by atoms with E-state index >= 15 is 0 Å². The summed E-state index contributed by atoms with van der Waals surface area (Å²) in [5.74, 6) is 1.64. The maximum Gasteiger partial charge on any atom is 0.163 e. The van der Waals surface area contributed by atoms with Crippen LogP contribution in [0.4, 0.5) is 11.4 Å². The van der Waals surface area contributed by atoms with E-state index in [0.29, 0.717) is 6.10 Å². The molecular formula is C23H25NO2S. The van der Waals surface area contributed by atoms with Crippen molar-refractivity contribution in [3.05, 3.63) is 70.9 Å². The highest BCUT2D eigenvalue weighted by Gasteiger charge is 2.20. The number of nitrogens with zero attached hydrogens (tertiary/aromatic N) is 1. The smallest absolute Gasteiger partial charge is 0.163 e. The van der Waals surface area contributed by atoms with Crippen LogP contribution in [0.3, 0.4) is 0 Å². The molecule has 3 nitrogen and oxygen atoms in total. The molecule has 1 heterocycles. The quantitative estimate of drug-likeness (QED) is 0.473. The molecule has 3 aromatic rings. The summed E-state index contributed by atoms with van der Waals surface area (Å²) < 4.78 is 11.9. The van der Waals surface area contributed by atoms with Crippen LogP contribution in [0.1, 0.15) is 31.2 Å². The minimum atomic E-state index is 0.302. The summed E-state index contributed by atoms with van der Waals surface area (Å²) in [7, 11) is 1.71. The third-order valence-electron chi connectivity index (χ3n) is 5.04. The molecule has 0 unspecified atom stereocenters. The first-order valence-electron chi connectivity index (χ1n) is 9.52. The van der Waals surface area contributed by atoms with Gasteiger partial charge in [0.05, 0.1) is 13.2 Å². The van der Waals surface area contributed by atoms with E-state index in [1.54, 1.807) is 18.4 Å². The Bertz CT molecular complexity index is 842. The van der Waals surface area contributed by atoms with Gasteiger partial charge in [0.25, 0.3) is 0 Å². The monoisotopic (exact) mass is 379 g/mol. The summed E-state index contributed by atoms with van der Waals surface area (Å²) in [4.78, 5) is 2.32. The van der Waals surface area contributed by atoms with Crippen molar-refractivity contribution in [3.63, 3.8) is 0 Å². The van der Waals surface area contributed by atoms with Crippen molar-refractivity contribution in [2.45, 2.75) is 38.3 Å². The molecule has 2 aromatic carbocycles. The summed E-state index contributed by atoms with van der Waals surface area (Å²) in [6.07, 6.45) is 5.06. The molecule has 0 atom stereocenters. The van der Waals surface area contributed by atoms with Crippen molar-refractivity contribution in [3.8, 4) is 11.5 Å². The molecule has 4 heteroatoms. The van der Waals surface area contributed by atoms with Crippen LogP contribution in [0.25, 0.3) is 0 Å². The Morgan fingerprint density at radius 2 is 1.78 bits per heavy atom. The van der Waals surface area contributed by atoms with E-state index in [1.165, 1.54) is 24.1 Å². The standard InChI is InChI=1S/C23H25NO2S/c1-25-22-12-11-20(15-23(22)26-21-9-5-6-10-21)24(16-18-13-14-27-17-18)19-7-3-2-4-8-19/h2-4,7-8,11-15,17,21H,5-6,9-10,16H2,1H3. The van der Waals surface area contributed by atoms with Gasteiger partial charge in [-0.05, 0) is 72.3 Å². The van der Waals surface area contributed by atoms with Crippen molar-refractivity contribution < 1.29 is 9.47 Å². The number of thiophene rings is 1. The van der Waals surface area contributed by atoms with E-state index in [1.807, 2.05) is 6.07 Å². The third-order valence-corrected chi connectivity index (χ3v) is 5.78. The maximum atomic E-state index is 6.31. The average Bonchev–Trinajstić information content (AvgIpc) is 3.41. The van der Waals surface area contributed by atoms with Crippen LogP contribution in [0.2, 0.25) is 0 Å². The van der Waals surface area contributed by atoms with E-state index in [4.69, 9.17) is 9.47 Å². The molecule has 1 fully saturated rings. The molecule has 1 aliphatic rings. The second-order valence-corrected chi connectivity index (χ2v) is 7.69. The number of methoxy groups -OCH3 is 1. The van der Waals surface area contributed by atoms with Gasteiger partial charge in [0.2, 0.25) is 0 Å². The van der Waals surface area contributed by atoms with Gasteiger partial charge in [-0.1, -0.05) is 18.2 Å². The highest BCUT2D eigenvalue weighted by atomic mass is 32.1. The average molecular weight is 380 g/mol. The lowest BCUT2D eigenvalue weighted by Crippen LogP contribution is -2.17. The van der Waals surface area contributed by atoms with Crippen molar-refractivity contribution in [1.82, 2.24) is 0 Å². The number of benzene rings is 2. The lowest BCUT2D eigenvalue weighted by atomic mass is 10.2. The van der Waals surface area contributed by atoms with Gasteiger partial charge in [-0.25, -0.2) is 0 Å². The molecule has 1 aromatic heterocycles. The first-order chi connectivity index (χ1) is 13.3. The Labute approximate surface area is 165 Å². The summed E-state index contributed by atoms with van der Waals surface area (Å²) >= 11 is 1.73. The molecule has 27 heavy (non-hydrogen) atoms. The molecule has 0 spiro atoms. The SMILES string of the molecule is COc1ccc(N(Cc2ccsc2)c2ccccc2)cc1OC1CCCC1. The van der Waals surface area contributed by atoms with Gasteiger partial charge in [-0.2, -0.15) is 11.3 Å². The lowest BCUT2D eigenvalue weighted by Gasteiger charge is -2.26. The third kappa shape index (κ3) is 4.28. The zero-order chi connectivity index (χ0) is 18.5. The summed E-state index contributed by atoms with van der Waals surface area (Å²) in [5, 5.41) is 4.33. The highest BCUT2D eigenvalue weighted by molar-refractivity contribution is 7.07. The van der Waals surface area contributed by atoms with Crippen LogP contribution < -0.4 is 14.4 Å². The van der Waals surface area contributed by atoms with Crippen LogP contribution in [-0.2, 0) is 6.54 Å². The Morgan fingerprint density at radius 1 is 0.963 bits per heavy atom. The Hall–Kier alpha value is -2.46. The molecule has 4 rings (SSSR count). The molecule has 0 N–H and O–H groups in total. The molecule has 0 amide bonds. The van der Waals surface area contributed by atoms with Crippen LogP contribution >= 0.6 is 11.3 Å². The van der Waals surface area contributed by atoms with Crippen LogP contribution in [0.5, 0.6) is 11.5 Å². The summed E-state index contributed by atoms with van der Waals surface area (Å²) in [6, 6.07) is 18.9. The zero-order valence-electron chi connectivity index (χ0n) is 15.6. The fourth-order valence-electron chi connectivity index (χ4n) is 3.62. The van der Waals surface area contributed by atoms with E-state index < -0.39 is 0 Å². The largest absolute Gasteiger partial charge is 0.493 e. The van der Waals surface area contributed by atoms with Crippen LogP contribution in [0.15, 0.2) is 65.4 Å². The van der Waals surface area contributed by atoms with E-state index in [0.717, 1.165) is 36.6 Å². The van der Waals surface area contributed by atoms with Gasteiger partial charge in [-0.15, -0.1) is 0 Å². The first kappa shape index (κ1) is 17.9. The summed E-state index contributed by atoms with van der Waals surface area (Å²) in [5.41, 5.74) is 3.58. The molecule has 1 aliphatic carbocycles. The van der Waals surface area contributed by atoms with Crippen LogP contribution in [0, 0.1) is 0 Å². The van der Waals surface area contributed by atoms with E-state index in [9.17, 15) is 0 Å². The van der Waals surface area contributed by atoms with Crippen molar-refractivity contribution in [2.24, 2.45) is 0 Å². The Balaban J connectivity index is 1.68. The second kappa shape index (κ2) is 8.49. The fourth-order valence-corrected chi connectivity index (χ4v) is 4.28. The molecule has 0 bridgehead atoms. The minimum Gasteiger partial charge on any atom is -0.493 e. The zero-order valence-corrected chi connectivity index (χ0v) is 16.5. The number of para-hydroxylation sites is 1. The molecular weight excluding hydrogens is 354 g/mol. The van der Waals surface area contributed by atoms with E-state index in [-0.39, 0.29) is 0 Å². The van der Waals surface area contributed by atoms with Gasteiger partial charge in [0, 0.05) is 24.0 Å². The topological polar surface area (TPSA) is 21.7 Å².